The number of alkyl halides is 3. The zero-order valence-corrected chi connectivity index (χ0v) is 17.2. The Bertz CT molecular complexity index is 1230. The lowest BCUT2D eigenvalue weighted by Crippen LogP contribution is -2.41. The van der Waals surface area contributed by atoms with E-state index in [4.69, 9.17) is 10.5 Å². The Hall–Kier alpha value is -3.88. The van der Waals surface area contributed by atoms with Crippen molar-refractivity contribution in [2.75, 3.05) is 14.2 Å². The predicted octanol–water partition coefficient (Wildman–Crippen LogP) is 3.81. The van der Waals surface area contributed by atoms with E-state index in [1.807, 2.05) is 0 Å². The monoisotopic (exact) mass is 440 g/mol. The smallest absolute Gasteiger partial charge is 0.416 e. The number of methoxy groups -OCH3 is 1. The van der Waals surface area contributed by atoms with Crippen LogP contribution in [0, 0.1) is 0 Å². The van der Waals surface area contributed by atoms with Gasteiger partial charge in [0.15, 0.2) is 11.5 Å². The molecule has 0 bridgehead atoms. The lowest BCUT2D eigenvalue weighted by Gasteiger charge is -2.27. The summed E-state index contributed by atoms with van der Waals surface area (Å²) in [4.78, 5) is 23.0. The van der Waals surface area contributed by atoms with Gasteiger partial charge in [0, 0.05) is 18.8 Å². The molecule has 1 aliphatic heterocycles. The molecule has 1 aromatic heterocycles. The number of benzene rings is 2. The first kappa shape index (κ1) is 21.4. The van der Waals surface area contributed by atoms with Crippen molar-refractivity contribution >= 4 is 11.9 Å². The van der Waals surface area contributed by atoms with E-state index < -0.39 is 23.2 Å². The minimum atomic E-state index is -4.58. The van der Waals surface area contributed by atoms with Gasteiger partial charge in [0.05, 0.1) is 18.9 Å². The number of ether oxygens (including phenoxy) is 1. The molecule has 2 heterocycles. The van der Waals surface area contributed by atoms with Gasteiger partial charge in [-0.15, -0.1) is 0 Å². The van der Waals surface area contributed by atoms with Crippen LogP contribution in [0.4, 0.5) is 13.2 Å². The third kappa shape index (κ3) is 3.45. The normalized spacial score (nSPS) is 18.6. The summed E-state index contributed by atoms with van der Waals surface area (Å²) in [7, 11) is 2.96. The molecule has 0 radical (unpaired) electrons. The minimum absolute atomic E-state index is 0.0746. The van der Waals surface area contributed by atoms with E-state index in [0.717, 1.165) is 17.0 Å². The van der Waals surface area contributed by atoms with Crippen LogP contribution in [0.1, 0.15) is 16.7 Å². The number of halogens is 3. The molecule has 9 heteroatoms. The molecule has 1 amide bonds. The van der Waals surface area contributed by atoms with Gasteiger partial charge in [-0.05, 0) is 41.0 Å². The molecule has 1 atom stereocenters. The van der Waals surface area contributed by atoms with Crippen molar-refractivity contribution in [2.24, 2.45) is 10.7 Å². The Morgan fingerprint density at radius 2 is 1.69 bits per heavy atom. The van der Waals surface area contributed by atoms with Gasteiger partial charge < -0.3 is 10.5 Å². The molecule has 6 nitrogen and oxygen atoms in total. The van der Waals surface area contributed by atoms with Crippen molar-refractivity contribution in [3.8, 4) is 16.9 Å². The van der Waals surface area contributed by atoms with Crippen LogP contribution in [-0.2, 0) is 16.5 Å². The summed E-state index contributed by atoms with van der Waals surface area (Å²) in [5.41, 5.74) is 5.17. The maximum Gasteiger partial charge on any atom is 0.416 e. The summed E-state index contributed by atoms with van der Waals surface area (Å²) in [5.74, 6) is -0.0875. The van der Waals surface area contributed by atoms with Crippen LogP contribution in [-0.4, -0.2) is 35.9 Å². The molecule has 1 aliphatic rings. The maximum absolute atomic E-state index is 13.4. The van der Waals surface area contributed by atoms with Gasteiger partial charge in [-0.3, -0.25) is 14.7 Å². The van der Waals surface area contributed by atoms with E-state index in [2.05, 4.69) is 9.98 Å². The highest BCUT2D eigenvalue weighted by atomic mass is 19.4. The van der Waals surface area contributed by atoms with Crippen LogP contribution in [0.15, 0.2) is 72.0 Å². The predicted molar refractivity (Wildman–Crippen MR) is 113 cm³/mol. The van der Waals surface area contributed by atoms with Gasteiger partial charge in [0.1, 0.15) is 5.75 Å². The van der Waals surface area contributed by atoms with Gasteiger partial charge in [-0.25, -0.2) is 4.99 Å². The molecule has 0 saturated heterocycles. The summed E-state index contributed by atoms with van der Waals surface area (Å²) in [6.45, 7) is 0. The number of likely N-dealkylation sites (N-methyl/N-ethyl adjacent to an activating group) is 1. The number of amides is 1. The van der Waals surface area contributed by atoms with E-state index in [-0.39, 0.29) is 11.5 Å². The SMILES string of the molecule is COc1cncc(-c2cccc(C3(c4cccc(C(F)(F)F)c4)N=C(N)N(C)C3=O)c2)c1. The first-order valence-electron chi connectivity index (χ1n) is 9.58. The first-order chi connectivity index (χ1) is 15.2. The zero-order chi connectivity index (χ0) is 23.1. The minimum Gasteiger partial charge on any atom is -0.495 e. The van der Waals surface area contributed by atoms with E-state index >= 15 is 0 Å². The molecular formula is C23H19F3N4O2. The van der Waals surface area contributed by atoms with Gasteiger partial charge in [-0.2, -0.15) is 13.2 Å². The molecule has 164 valence electrons. The van der Waals surface area contributed by atoms with Crippen molar-refractivity contribution < 1.29 is 22.7 Å². The molecule has 0 aliphatic carbocycles. The highest BCUT2D eigenvalue weighted by Crippen LogP contribution is 2.42. The fourth-order valence-electron chi connectivity index (χ4n) is 3.72. The second kappa shape index (κ2) is 7.67. The Kier molecular flexibility index (Phi) is 5.12. The summed E-state index contributed by atoms with van der Waals surface area (Å²) < 4.78 is 45.5. The molecular weight excluding hydrogens is 421 g/mol. The van der Waals surface area contributed by atoms with Crippen molar-refractivity contribution in [2.45, 2.75) is 11.7 Å². The van der Waals surface area contributed by atoms with E-state index in [9.17, 15) is 18.0 Å². The standard InChI is InChI=1S/C23H19F3N4O2/c1-30-20(31)22(29-21(30)27,17-7-4-8-18(11-17)23(24,25)26)16-6-3-5-14(9-16)15-10-19(32-2)13-28-12-15/h3-13H,1-2H3,(H2,27,29). The number of carbonyl (C=O) groups is 1. The van der Waals surface area contributed by atoms with Gasteiger partial charge >= 0.3 is 6.18 Å². The lowest BCUT2D eigenvalue weighted by atomic mass is 9.81. The average molecular weight is 440 g/mol. The largest absolute Gasteiger partial charge is 0.495 e. The first-order valence-corrected chi connectivity index (χ1v) is 9.58. The van der Waals surface area contributed by atoms with Crippen LogP contribution in [0.5, 0.6) is 5.75 Å². The Balaban J connectivity index is 1.93. The summed E-state index contributed by atoms with van der Waals surface area (Å²) in [5, 5.41) is 0. The fraction of sp³-hybridized carbons (Fsp3) is 0.174. The van der Waals surface area contributed by atoms with Crippen LogP contribution in [0.2, 0.25) is 0 Å². The van der Waals surface area contributed by atoms with Crippen molar-refractivity contribution in [1.82, 2.24) is 9.88 Å². The number of nitrogens with zero attached hydrogens (tertiary/aromatic N) is 3. The van der Waals surface area contributed by atoms with Crippen LogP contribution in [0.3, 0.4) is 0 Å². The molecule has 3 aromatic rings. The zero-order valence-electron chi connectivity index (χ0n) is 17.2. The Labute approximate surface area is 182 Å². The topological polar surface area (TPSA) is 80.8 Å². The fourth-order valence-corrected chi connectivity index (χ4v) is 3.72. The molecule has 1 unspecified atom stereocenters. The van der Waals surface area contributed by atoms with Gasteiger partial charge in [0.2, 0.25) is 0 Å². The van der Waals surface area contributed by atoms with Crippen LogP contribution < -0.4 is 10.5 Å². The third-order valence-electron chi connectivity index (χ3n) is 5.41. The molecule has 32 heavy (non-hydrogen) atoms. The van der Waals surface area contributed by atoms with Crippen molar-refractivity contribution in [3.63, 3.8) is 0 Å². The highest BCUT2D eigenvalue weighted by Gasteiger charge is 2.50. The van der Waals surface area contributed by atoms with E-state index in [1.165, 1.54) is 26.3 Å². The third-order valence-corrected chi connectivity index (χ3v) is 5.41. The second-order valence-electron chi connectivity index (χ2n) is 7.32. The number of pyridine rings is 1. The van der Waals surface area contributed by atoms with E-state index in [1.54, 1.807) is 42.7 Å². The number of guanidine groups is 1. The number of rotatable bonds is 4. The van der Waals surface area contributed by atoms with Crippen LogP contribution >= 0.6 is 0 Å². The lowest BCUT2D eigenvalue weighted by molar-refractivity contribution is -0.138. The number of nitrogens with two attached hydrogens (primary N) is 1. The summed E-state index contributed by atoms with van der Waals surface area (Å²) >= 11 is 0. The Morgan fingerprint density at radius 3 is 2.31 bits per heavy atom. The second-order valence-corrected chi connectivity index (χ2v) is 7.32. The van der Waals surface area contributed by atoms with Gasteiger partial charge in [0.25, 0.3) is 5.91 Å². The quantitative estimate of drug-likeness (QED) is 0.669. The highest BCUT2D eigenvalue weighted by molar-refractivity contribution is 6.09. The maximum atomic E-state index is 13.4. The van der Waals surface area contributed by atoms with Crippen molar-refractivity contribution in [1.29, 1.82) is 0 Å². The molecule has 0 saturated carbocycles. The number of carbonyl (C=O) groups excluding carboxylic acids is 1. The number of hydrogen-bond acceptors (Lipinski definition) is 5. The molecule has 4 rings (SSSR count). The number of aromatic nitrogens is 1. The van der Waals surface area contributed by atoms with Gasteiger partial charge in [-0.1, -0.05) is 30.3 Å². The summed E-state index contributed by atoms with van der Waals surface area (Å²) in [6, 6.07) is 13.2. The van der Waals surface area contributed by atoms with Crippen molar-refractivity contribution in [3.05, 3.63) is 83.7 Å². The number of hydrogen-bond donors (Lipinski definition) is 1. The molecule has 0 fully saturated rings. The Morgan fingerprint density at radius 1 is 1.00 bits per heavy atom. The summed E-state index contributed by atoms with van der Waals surface area (Å²) in [6.07, 6.45) is -1.40. The van der Waals surface area contributed by atoms with Crippen LogP contribution in [0.25, 0.3) is 11.1 Å². The average Bonchev–Trinajstić information content (AvgIpc) is 3.03. The molecule has 2 N–H and O–H groups in total. The molecule has 0 spiro atoms. The number of aliphatic imine (C=N–C) groups is 1. The molecule has 2 aromatic carbocycles. The van der Waals surface area contributed by atoms with E-state index in [0.29, 0.717) is 22.4 Å².